The number of allylic oxidation sites excluding steroid dienone is 1. The number of methoxy groups -OCH3 is 2. The summed E-state index contributed by atoms with van der Waals surface area (Å²) in [5, 5.41) is 0.651. The Hall–Kier alpha value is -4.34. The van der Waals surface area contributed by atoms with E-state index in [1.807, 2.05) is 48.5 Å². The van der Waals surface area contributed by atoms with Crippen LogP contribution in [0.2, 0.25) is 5.02 Å². The zero-order valence-corrected chi connectivity index (χ0v) is 25.1. The van der Waals surface area contributed by atoms with Crippen molar-refractivity contribution in [3.63, 3.8) is 0 Å². The van der Waals surface area contributed by atoms with E-state index in [1.165, 1.54) is 11.3 Å². The number of fused-ring (bicyclic) bond motifs is 1. The Morgan fingerprint density at radius 3 is 2.43 bits per heavy atom. The lowest BCUT2D eigenvalue weighted by atomic mass is 9.96. The van der Waals surface area contributed by atoms with Gasteiger partial charge in [-0.25, -0.2) is 9.79 Å². The van der Waals surface area contributed by atoms with E-state index < -0.39 is 12.0 Å². The summed E-state index contributed by atoms with van der Waals surface area (Å²) in [5.74, 6) is 1.26. The molecule has 4 aromatic rings. The Kier molecular flexibility index (Phi) is 8.80. The molecule has 1 atom stereocenters. The van der Waals surface area contributed by atoms with Gasteiger partial charge in [-0.05, 0) is 73.0 Å². The fourth-order valence-corrected chi connectivity index (χ4v) is 5.85. The zero-order valence-electron chi connectivity index (χ0n) is 23.5. The minimum absolute atomic E-state index is 0.204. The molecule has 42 heavy (non-hydrogen) atoms. The summed E-state index contributed by atoms with van der Waals surface area (Å²) >= 11 is 7.25. The Morgan fingerprint density at radius 1 is 1.02 bits per heavy atom. The quantitative estimate of drug-likeness (QED) is 0.249. The molecule has 216 valence electrons. The monoisotopic (exact) mass is 604 g/mol. The number of ether oxygens (including phenoxy) is 4. The van der Waals surface area contributed by atoms with Gasteiger partial charge in [-0.2, -0.15) is 0 Å². The number of rotatable bonds is 9. The van der Waals surface area contributed by atoms with E-state index in [0.717, 1.165) is 16.7 Å². The molecule has 1 unspecified atom stereocenters. The summed E-state index contributed by atoms with van der Waals surface area (Å²) in [6.07, 6.45) is 1.78. The molecule has 0 aliphatic carbocycles. The second-order valence-electron chi connectivity index (χ2n) is 9.40. The van der Waals surface area contributed by atoms with Crippen molar-refractivity contribution in [1.82, 2.24) is 4.57 Å². The van der Waals surface area contributed by atoms with E-state index in [4.69, 9.17) is 30.5 Å². The SMILES string of the molecule is CCOC(=O)C1=C(C)N=c2sc(=Cc3ccc(OC)c(OCc4ccc(Cl)cc4)c3)c(=O)n2C1c1ccc(OC)cc1. The molecule has 3 aromatic carbocycles. The molecule has 2 heterocycles. The van der Waals surface area contributed by atoms with Gasteiger partial charge in [-0.15, -0.1) is 0 Å². The van der Waals surface area contributed by atoms with Crippen molar-refractivity contribution >= 4 is 35.0 Å². The van der Waals surface area contributed by atoms with Gasteiger partial charge >= 0.3 is 5.97 Å². The highest BCUT2D eigenvalue weighted by atomic mass is 35.5. The summed E-state index contributed by atoms with van der Waals surface area (Å²) in [6.45, 7) is 4.02. The predicted octanol–water partition coefficient (Wildman–Crippen LogP) is 5.05. The van der Waals surface area contributed by atoms with Crippen molar-refractivity contribution in [2.24, 2.45) is 4.99 Å². The largest absolute Gasteiger partial charge is 0.497 e. The predicted molar refractivity (Wildman–Crippen MR) is 162 cm³/mol. The van der Waals surface area contributed by atoms with Gasteiger partial charge in [0.25, 0.3) is 5.56 Å². The van der Waals surface area contributed by atoms with E-state index in [2.05, 4.69) is 4.99 Å². The normalized spacial score (nSPS) is 14.7. The first-order valence-electron chi connectivity index (χ1n) is 13.2. The molecule has 0 N–H and O–H groups in total. The number of aromatic nitrogens is 1. The Morgan fingerprint density at radius 2 is 1.76 bits per heavy atom. The van der Waals surface area contributed by atoms with Crippen molar-refractivity contribution in [3.8, 4) is 17.2 Å². The molecule has 0 bridgehead atoms. The van der Waals surface area contributed by atoms with Gasteiger partial charge in [0.05, 0.1) is 42.7 Å². The molecular formula is C32H29ClN2O6S. The number of carbonyl (C=O) groups excluding carboxylic acids is 1. The molecule has 10 heteroatoms. The van der Waals surface area contributed by atoms with Crippen LogP contribution in [-0.2, 0) is 16.1 Å². The van der Waals surface area contributed by atoms with Gasteiger partial charge in [-0.1, -0.05) is 53.3 Å². The van der Waals surface area contributed by atoms with Crippen LogP contribution in [-0.4, -0.2) is 31.4 Å². The van der Waals surface area contributed by atoms with Crippen LogP contribution in [0.4, 0.5) is 0 Å². The van der Waals surface area contributed by atoms with Crippen LogP contribution in [0.1, 0.15) is 36.6 Å². The number of carbonyl (C=O) groups is 1. The molecule has 1 aliphatic heterocycles. The Bertz CT molecular complexity index is 1820. The van der Waals surface area contributed by atoms with Crippen molar-refractivity contribution in [2.45, 2.75) is 26.5 Å². The van der Waals surface area contributed by atoms with Crippen LogP contribution in [0.15, 0.2) is 87.8 Å². The number of halogens is 1. The third kappa shape index (κ3) is 5.98. The molecule has 1 aliphatic rings. The van der Waals surface area contributed by atoms with Crippen LogP contribution in [0.3, 0.4) is 0 Å². The topological polar surface area (TPSA) is 88.4 Å². The van der Waals surface area contributed by atoms with Crippen LogP contribution in [0, 0.1) is 0 Å². The number of hydrogen-bond donors (Lipinski definition) is 0. The number of hydrogen-bond acceptors (Lipinski definition) is 8. The van der Waals surface area contributed by atoms with Gasteiger partial charge < -0.3 is 18.9 Å². The van der Waals surface area contributed by atoms with Crippen molar-refractivity contribution < 1.29 is 23.7 Å². The second kappa shape index (κ2) is 12.7. The first-order valence-corrected chi connectivity index (χ1v) is 14.4. The lowest BCUT2D eigenvalue weighted by Crippen LogP contribution is -2.39. The van der Waals surface area contributed by atoms with Gasteiger partial charge in [0.2, 0.25) is 0 Å². The second-order valence-corrected chi connectivity index (χ2v) is 10.8. The number of thiazole rings is 1. The third-order valence-electron chi connectivity index (χ3n) is 6.74. The van der Waals surface area contributed by atoms with Crippen LogP contribution in [0.25, 0.3) is 6.08 Å². The maximum absolute atomic E-state index is 13.9. The maximum atomic E-state index is 13.9. The van der Waals surface area contributed by atoms with Gasteiger partial charge in [0, 0.05) is 5.02 Å². The minimum Gasteiger partial charge on any atom is -0.497 e. The number of nitrogens with zero attached hydrogens (tertiary/aromatic N) is 2. The van der Waals surface area contributed by atoms with Gasteiger partial charge in [-0.3, -0.25) is 9.36 Å². The molecule has 0 radical (unpaired) electrons. The van der Waals surface area contributed by atoms with E-state index >= 15 is 0 Å². The van der Waals surface area contributed by atoms with Crippen molar-refractivity contribution in [1.29, 1.82) is 0 Å². The first-order chi connectivity index (χ1) is 20.3. The summed E-state index contributed by atoms with van der Waals surface area (Å²) < 4.78 is 24.2. The molecule has 5 rings (SSSR count). The molecule has 0 saturated carbocycles. The molecule has 0 saturated heterocycles. The van der Waals surface area contributed by atoms with Crippen LogP contribution < -0.4 is 29.1 Å². The zero-order chi connectivity index (χ0) is 29.8. The molecular weight excluding hydrogens is 576 g/mol. The fraction of sp³-hybridized carbons (Fsp3) is 0.219. The average molecular weight is 605 g/mol. The number of benzene rings is 3. The summed E-state index contributed by atoms with van der Waals surface area (Å²) in [4.78, 5) is 32.1. The van der Waals surface area contributed by atoms with Gasteiger partial charge in [0.15, 0.2) is 16.3 Å². The lowest BCUT2D eigenvalue weighted by Gasteiger charge is -2.24. The highest BCUT2D eigenvalue weighted by Crippen LogP contribution is 2.32. The maximum Gasteiger partial charge on any atom is 0.338 e. The lowest BCUT2D eigenvalue weighted by molar-refractivity contribution is -0.139. The highest BCUT2D eigenvalue weighted by molar-refractivity contribution is 7.07. The Balaban J connectivity index is 1.57. The third-order valence-corrected chi connectivity index (χ3v) is 7.98. The summed E-state index contributed by atoms with van der Waals surface area (Å²) in [6, 6.07) is 19.4. The standard InChI is InChI=1S/C32H29ClN2O6S/c1-5-40-31(37)28-19(2)34-32-35(29(28)22-9-13-24(38-3)14-10-22)30(36)27(42-32)17-21-8-15-25(39-4)26(16-21)41-18-20-6-11-23(33)12-7-20/h6-17,29H,5,18H2,1-4H3. The van der Waals surface area contributed by atoms with E-state index in [1.54, 1.807) is 56.9 Å². The molecule has 0 fully saturated rings. The summed E-state index contributed by atoms with van der Waals surface area (Å²) in [7, 11) is 3.16. The average Bonchev–Trinajstić information content (AvgIpc) is 3.30. The molecule has 1 aromatic heterocycles. The van der Waals surface area contributed by atoms with E-state index in [0.29, 0.717) is 49.5 Å². The molecule has 0 spiro atoms. The molecule has 8 nitrogen and oxygen atoms in total. The van der Waals surface area contributed by atoms with E-state index in [9.17, 15) is 9.59 Å². The van der Waals surface area contributed by atoms with Crippen molar-refractivity contribution in [2.75, 3.05) is 20.8 Å². The highest BCUT2D eigenvalue weighted by Gasteiger charge is 2.33. The first kappa shape index (κ1) is 29.2. The summed E-state index contributed by atoms with van der Waals surface area (Å²) in [5.41, 5.74) is 2.99. The van der Waals surface area contributed by atoms with Crippen LogP contribution >= 0.6 is 22.9 Å². The number of esters is 1. The van der Waals surface area contributed by atoms with Gasteiger partial charge in [0.1, 0.15) is 12.4 Å². The minimum atomic E-state index is -0.706. The van der Waals surface area contributed by atoms with Crippen LogP contribution in [0.5, 0.6) is 17.2 Å². The fourth-order valence-electron chi connectivity index (χ4n) is 4.68. The smallest absolute Gasteiger partial charge is 0.338 e. The van der Waals surface area contributed by atoms with Crippen molar-refractivity contribution in [3.05, 3.63) is 119 Å². The Labute approximate surface area is 251 Å². The van der Waals surface area contributed by atoms with E-state index in [-0.39, 0.29) is 12.2 Å². The molecule has 0 amide bonds.